The molecule has 0 aliphatic rings. The smallest absolute Gasteiger partial charge is 0.0991 e. The molecule has 0 saturated carbocycles. The predicted molar refractivity (Wildman–Crippen MR) is 225 cm³/mol. The molecule has 3 nitrogen and oxygen atoms in total. The second kappa shape index (κ2) is 25.4. The van der Waals surface area contributed by atoms with Crippen molar-refractivity contribution in [1.82, 2.24) is 0 Å². The summed E-state index contributed by atoms with van der Waals surface area (Å²) < 4.78 is 1.07. The topological polar surface area (TPSA) is 52.0 Å². The lowest BCUT2D eigenvalue weighted by molar-refractivity contribution is -0.908. The van der Waals surface area contributed by atoms with E-state index in [4.69, 9.17) is 11.5 Å². The second-order valence-corrected chi connectivity index (χ2v) is 21.1. The maximum Gasteiger partial charge on any atom is 0.0991 e. The number of rotatable bonds is 29. The van der Waals surface area contributed by atoms with Crippen molar-refractivity contribution < 1.29 is 4.48 Å². The van der Waals surface area contributed by atoms with Gasteiger partial charge in [0.05, 0.1) is 56.9 Å². The van der Waals surface area contributed by atoms with Crippen molar-refractivity contribution in [2.75, 3.05) is 64.4 Å². The normalized spacial score (nSPS) is 13.7. The van der Waals surface area contributed by atoms with Gasteiger partial charge in [-0.25, -0.2) is 0 Å². The summed E-state index contributed by atoms with van der Waals surface area (Å²) in [5.74, 6) is 0. The van der Waals surface area contributed by atoms with Crippen molar-refractivity contribution in [1.29, 1.82) is 0 Å². The van der Waals surface area contributed by atoms with E-state index < -0.39 is 7.26 Å². The van der Waals surface area contributed by atoms with Gasteiger partial charge in [0.1, 0.15) is 0 Å². The Morgan fingerprint density at radius 3 is 1.45 bits per heavy atom. The molecule has 49 heavy (non-hydrogen) atoms. The summed E-state index contributed by atoms with van der Waals surface area (Å²) in [4.78, 5) is 0. The highest BCUT2D eigenvalue weighted by molar-refractivity contribution is 7.89. The van der Waals surface area contributed by atoms with Gasteiger partial charge in [-0.05, 0) is 87.0 Å². The Morgan fingerprint density at radius 1 is 0.490 bits per heavy atom. The van der Waals surface area contributed by atoms with Crippen LogP contribution in [0.4, 0.5) is 0 Å². The lowest BCUT2D eigenvalue weighted by Crippen LogP contribution is -2.49. The molecule has 0 aliphatic carbocycles. The van der Waals surface area contributed by atoms with Gasteiger partial charge in [-0.3, -0.25) is 0 Å². The van der Waals surface area contributed by atoms with E-state index in [1.807, 2.05) is 0 Å². The fourth-order valence-corrected chi connectivity index (χ4v) is 14.8. The number of quaternary nitrogens is 1. The minimum atomic E-state index is -1.48. The van der Waals surface area contributed by atoms with Crippen molar-refractivity contribution in [2.24, 2.45) is 11.5 Å². The summed E-state index contributed by atoms with van der Waals surface area (Å²) in [5, 5.41) is 4.84. The van der Waals surface area contributed by atoms with Gasteiger partial charge in [-0.2, -0.15) is 0 Å². The number of nitrogens with two attached hydrogens (primary N) is 2. The molecule has 0 aromatic heterocycles. The van der Waals surface area contributed by atoms with Crippen LogP contribution in [-0.4, -0.2) is 68.9 Å². The van der Waals surface area contributed by atoms with Gasteiger partial charge in [0.15, 0.2) is 0 Å². The van der Waals surface area contributed by atoms with Crippen LogP contribution in [0.3, 0.4) is 0 Å². The number of likely N-dealkylation sites (N-methyl/N-ethyl adjacent to an activating group) is 1. The molecule has 0 spiro atoms. The largest absolute Gasteiger partial charge is 0.330 e. The van der Waals surface area contributed by atoms with Gasteiger partial charge < -0.3 is 16.0 Å². The molecule has 3 aromatic carbocycles. The molecular weight excluding hydrogens is 632 g/mol. The third-order valence-electron chi connectivity index (χ3n) is 10.7. The molecule has 5 heteroatoms. The Balaban J connectivity index is 1.63. The quantitative estimate of drug-likeness (QED) is 0.0430. The number of nitrogens with zero attached hydrogens (tertiary/aromatic N) is 1. The number of unbranched alkanes of at least 4 members (excludes halogenated alkanes) is 11. The van der Waals surface area contributed by atoms with Crippen molar-refractivity contribution in [3.8, 4) is 0 Å². The molecule has 0 aliphatic heterocycles. The van der Waals surface area contributed by atoms with E-state index in [-0.39, 0.29) is 7.92 Å². The number of benzene rings is 3. The van der Waals surface area contributed by atoms with Crippen LogP contribution >= 0.6 is 15.2 Å². The predicted octanol–water partition coefficient (Wildman–Crippen LogP) is 9.70. The van der Waals surface area contributed by atoms with Crippen molar-refractivity contribution >= 4 is 31.1 Å². The van der Waals surface area contributed by atoms with E-state index >= 15 is 0 Å². The number of hydrogen-bond acceptors (Lipinski definition) is 2. The zero-order valence-corrected chi connectivity index (χ0v) is 33.4. The fraction of sp³-hybridized carbons (Fsp3) is 0.591. The molecule has 2 unspecified atom stereocenters. The van der Waals surface area contributed by atoms with Gasteiger partial charge >= 0.3 is 0 Å². The van der Waals surface area contributed by atoms with Gasteiger partial charge in [0.2, 0.25) is 0 Å². The molecule has 3 rings (SSSR count). The van der Waals surface area contributed by atoms with Crippen molar-refractivity contribution in [3.05, 3.63) is 91.0 Å². The maximum atomic E-state index is 6.01. The lowest BCUT2D eigenvalue weighted by atomic mass is 10.1. The summed E-state index contributed by atoms with van der Waals surface area (Å²) >= 11 is 0. The van der Waals surface area contributed by atoms with Gasteiger partial charge in [0, 0.05) is 13.0 Å². The number of hydrogen-bond donors (Lipinski definition) is 2. The van der Waals surface area contributed by atoms with Crippen molar-refractivity contribution in [3.63, 3.8) is 0 Å². The molecule has 272 valence electrons. The molecule has 0 radical (unpaired) electrons. The first-order chi connectivity index (χ1) is 24.1. The first-order valence-corrected chi connectivity index (χ1v) is 24.0. The first kappa shape index (κ1) is 41.8. The highest BCUT2D eigenvalue weighted by Crippen LogP contribution is 2.58. The Labute approximate surface area is 304 Å². The van der Waals surface area contributed by atoms with Gasteiger partial charge in [-0.15, -0.1) is 0 Å². The molecule has 0 fully saturated rings. The monoisotopic (exact) mass is 706 g/mol. The van der Waals surface area contributed by atoms with Crippen LogP contribution in [0.1, 0.15) is 103 Å². The second-order valence-electron chi connectivity index (χ2n) is 14.7. The third kappa shape index (κ3) is 15.7. The summed E-state index contributed by atoms with van der Waals surface area (Å²) in [6.45, 7) is 7.26. The third-order valence-corrected chi connectivity index (χ3v) is 18.2. The average Bonchev–Trinajstić information content (AvgIpc) is 3.14. The van der Waals surface area contributed by atoms with E-state index in [0.29, 0.717) is 0 Å². The molecule has 3 aromatic rings. The molecule has 0 heterocycles. The Hall–Kier alpha value is -1.60. The maximum absolute atomic E-state index is 6.01. The molecule has 0 saturated heterocycles. The highest BCUT2D eigenvalue weighted by atomic mass is 31.2. The summed E-state index contributed by atoms with van der Waals surface area (Å²) in [6, 6.07) is 34.8. The molecule has 0 bridgehead atoms. The Kier molecular flexibility index (Phi) is 21.6. The van der Waals surface area contributed by atoms with E-state index in [2.05, 4.69) is 105 Å². The summed E-state index contributed by atoms with van der Waals surface area (Å²) in [5.41, 5.74) is 11.9. The lowest BCUT2D eigenvalue weighted by Gasteiger charge is -2.34. The van der Waals surface area contributed by atoms with E-state index in [1.54, 1.807) is 15.9 Å². The molecular formula is C44H73N3P2+2. The van der Waals surface area contributed by atoms with E-state index in [0.717, 1.165) is 37.1 Å². The van der Waals surface area contributed by atoms with Gasteiger partial charge in [-0.1, -0.05) is 133 Å². The minimum Gasteiger partial charge on any atom is -0.330 e. The molecule has 0 amide bonds. The fourth-order valence-electron chi connectivity index (χ4n) is 7.68. The van der Waals surface area contributed by atoms with Gasteiger partial charge in [0.25, 0.3) is 0 Å². The molecule has 4 N–H and O–H groups in total. The summed E-state index contributed by atoms with van der Waals surface area (Å²) in [6.07, 6.45) is 25.7. The average molecular weight is 706 g/mol. The van der Waals surface area contributed by atoms with Crippen molar-refractivity contribution in [2.45, 2.75) is 103 Å². The Morgan fingerprint density at radius 2 is 0.939 bits per heavy atom. The van der Waals surface area contributed by atoms with E-state index in [9.17, 15) is 0 Å². The summed E-state index contributed by atoms with van der Waals surface area (Å²) in [7, 11) is 0.758. The highest BCUT2D eigenvalue weighted by Gasteiger charge is 2.41. The van der Waals surface area contributed by atoms with Crippen LogP contribution in [-0.2, 0) is 0 Å². The first-order valence-electron chi connectivity index (χ1n) is 20.1. The van der Waals surface area contributed by atoms with Crippen LogP contribution in [0.5, 0.6) is 0 Å². The van der Waals surface area contributed by atoms with Crippen LogP contribution in [0.15, 0.2) is 91.0 Å². The van der Waals surface area contributed by atoms with Crippen LogP contribution < -0.4 is 27.4 Å². The molecule has 2 atom stereocenters. The standard InChI is InChI=1S/C44H73N3P2/c1-3-4-5-6-7-8-9-10-11-24-40-49(43-29-17-13-18-30-43,44-31-19-14-20-32-44)41-25-23-39-48(42-27-15-12-16-28-42)38-22-21-35-47(2,37-34-46)36-26-33-45/h12-20,27-32H,3-11,21-26,33-41,45-46H2,1-2H3/q+2. The zero-order valence-electron chi connectivity index (χ0n) is 31.6. The van der Waals surface area contributed by atoms with E-state index in [1.165, 1.54) is 121 Å². The van der Waals surface area contributed by atoms with Crippen LogP contribution in [0.2, 0.25) is 0 Å². The Bertz CT molecular complexity index is 1150. The zero-order chi connectivity index (χ0) is 34.9. The minimum absolute atomic E-state index is 0.142. The van der Waals surface area contributed by atoms with Crippen LogP contribution in [0.25, 0.3) is 0 Å². The van der Waals surface area contributed by atoms with Crippen LogP contribution in [0, 0.1) is 0 Å². The SMILES string of the molecule is CCCCCCCCCCCC[P+](CCCCP(CCCC[N+](C)(CCN)CCCN)c1ccccc1)(c1ccccc1)c1ccccc1.